The van der Waals surface area contributed by atoms with E-state index in [2.05, 4.69) is 9.67 Å². The van der Waals surface area contributed by atoms with Gasteiger partial charge < -0.3 is 9.47 Å². The van der Waals surface area contributed by atoms with Crippen LogP contribution in [0.2, 0.25) is 0 Å². The van der Waals surface area contributed by atoms with Gasteiger partial charge in [0.15, 0.2) is 11.0 Å². The minimum Gasteiger partial charge on any atom is -0.345 e. The smallest absolute Gasteiger partial charge is 0.284 e. The second kappa shape index (κ2) is 7.33. The van der Waals surface area contributed by atoms with Crippen molar-refractivity contribution >= 4 is 17.7 Å². The summed E-state index contributed by atoms with van der Waals surface area (Å²) < 4.78 is 3.62. The number of amides is 1. The van der Waals surface area contributed by atoms with Gasteiger partial charge in [-0.1, -0.05) is 36.4 Å². The SMILES string of the molecule is CN1CCC(Sc2nc3nn(-c4ccccc4)c(=O)c-3c3n2CCCCC3)C1=O. The van der Waals surface area contributed by atoms with Gasteiger partial charge in [-0.15, -0.1) is 5.10 Å². The normalized spacial score (nSPS) is 19.6. The van der Waals surface area contributed by atoms with Crippen LogP contribution in [-0.2, 0) is 17.8 Å². The van der Waals surface area contributed by atoms with Gasteiger partial charge >= 0.3 is 0 Å². The number of para-hydroxylation sites is 1. The van der Waals surface area contributed by atoms with E-state index in [9.17, 15) is 9.59 Å². The molecule has 4 aliphatic rings. The summed E-state index contributed by atoms with van der Waals surface area (Å²) in [4.78, 5) is 32.3. The first-order valence-electron chi connectivity index (χ1n) is 10.1. The van der Waals surface area contributed by atoms with Gasteiger partial charge in [-0.05, 0) is 37.8 Å². The Morgan fingerprint density at radius 2 is 1.90 bits per heavy atom. The highest BCUT2D eigenvalue weighted by molar-refractivity contribution is 8.00. The summed E-state index contributed by atoms with van der Waals surface area (Å²) in [5.41, 5.74) is 2.26. The van der Waals surface area contributed by atoms with Crippen molar-refractivity contribution in [1.82, 2.24) is 24.2 Å². The van der Waals surface area contributed by atoms with Gasteiger partial charge in [-0.25, -0.2) is 4.98 Å². The molecule has 150 valence electrons. The van der Waals surface area contributed by atoms with E-state index in [4.69, 9.17) is 4.98 Å². The van der Waals surface area contributed by atoms with E-state index in [-0.39, 0.29) is 16.7 Å². The van der Waals surface area contributed by atoms with Crippen LogP contribution in [0.15, 0.2) is 40.3 Å². The number of likely N-dealkylation sites (tertiary alicyclic amines) is 1. The molecule has 0 radical (unpaired) electrons. The van der Waals surface area contributed by atoms with E-state index in [0.29, 0.717) is 11.4 Å². The Balaban J connectivity index is 1.66. The number of nitrogens with zero attached hydrogens (tertiary/aromatic N) is 5. The van der Waals surface area contributed by atoms with Crippen molar-refractivity contribution < 1.29 is 4.79 Å². The van der Waals surface area contributed by atoms with Gasteiger partial charge in [0.1, 0.15) is 5.56 Å². The van der Waals surface area contributed by atoms with Crippen LogP contribution in [0, 0.1) is 0 Å². The van der Waals surface area contributed by atoms with Crippen LogP contribution < -0.4 is 5.56 Å². The summed E-state index contributed by atoms with van der Waals surface area (Å²) in [7, 11) is 1.85. The van der Waals surface area contributed by atoms with Crippen molar-refractivity contribution in [3.63, 3.8) is 0 Å². The molecule has 1 atom stereocenters. The molecule has 0 spiro atoms. The van der Waals surface area contributed by atoms with Crippen molar-refractivity contribution in [2.45, 2.75) is 49.1 Å². The van der Waals surface area contributed by atoms with Gasteiger partial charge in [0, 0.05) is 25.8 Å². The number of carbonyl (C=O) groups excluding carboxylic acids is 1. The van der Waals surface area contributed by atoms with Crippen molar-refractivity contribution in [3.8, 4) is 17.1 Å². The standard InChI is InChI=1S/C21H23N5O2S/c1-24-13-11-16(19(24)27)29-21-22-18-17(15-10-6-3-7-12-25(15)21)20(28)26(23-18)14-8-4-2-5-9-14/h2,4-5,8-9,16H,3,6-7,10-13H2,1H3. The van der Waals surface area contributed by atoms with E-state index < -0.39 is 0 Å². The second-order valence-electron chi connectivity index (χ2n) is 7.71. The summed E-state index contributed by atoms with van der Waals surface area (Å²) in [5.74, 6) is 0.632. The van der Waals surface area contributed by atoms with Crippen molar-refractivity contribution in [3.05, 3.63) is 46.4 Å². The highest BCUT2D eigenvalue weighted by Crippen LogP contribution is 2.34. The number of thioether (sulfide) groups is 1. The molecule has 7 nitrogen and oxygen atoms in total. The maximum absolute atomic E-state index is 13.2. The predicted octanol–water partition coefficient (Wildman–Crippen LogP) is 2.58. The zero-order valence-electron chi connectivity index (χ0n) is 16.4. The maximum Gasteiger partial charge on any atom is 0.284 e. The fourth-order valence-corrected chi connectivity index (χ4v) is 5.44. The minimum atomic E-state index is -0.118. The average molecular weight is 410 g/mol. The lowest BCUT2D eigenvalue weighted by molar-refractivity contribution is -0.126. The molecule has 1 aromatic rings. The number of fused-ring (bicyclic) bond motifs is 3. The zero-order chi connectivity index (χ0) is 20.0. The second-order valence-corrected chi connectivity index (χ2v) is 8.88. The lowest BCUT2D eigenvalue weighted by atomic mass is 10.1. The van der Waals surface area contributed by atoms with Crippen LogP contribution in [0.4, 0.5) is 0 Å². The summed E-state index contributed by atoms with van der Waals surface area (Å²) in [6, 6.07) is 9.46. The van der Waals surface area contributed by atoms with Crippen LogP contribution >= 0.6 is 11.8 Å². The third-order valence-corrected chi connectivity index (χ3v) is 7.04. The minimum absolute atomic E-state index is 0.113. The number of carbonyl (C=O) groups is 1. The topological polar surface area (TPSA) is 73.0 Å². The van der Waals surface area contributed by atoms with Crippen molar-refractivity contribution in [2.75, 3.05) is 13.6 Å². The largest absolute Gasteiger partial charge is 0.345 e. The lowest BCUT2D eigenvalue weighted by Gasteiger charge is -2.19. The molecular weight excluding hydrogens is 386 g/mol. The molecule has 1 unspecified atom stereocenters. The number of benzene rings is 1. The van der Waals surface area contributed by atoms with Crippen molar-refractivity contribution in [2.24, 2.45) is 0 Å². The summed E-state index contributed by atoms with van der Waals surface area (Å²) in [5, 5.41) is 5.25. The van der Waals surface area contributed by atoms with Crippen LogP contribution in [0.1, 0.15) is 31.4 Å². The summed E-state index contributed by atoms with van der Waals surface area (Å²) in [6.45, 7) is 1.60. The first-order chi connectivity index (χ1) is 14.1. The van der Waals surface area contributed by atoms with E-state index in [1.54, 1.807) is 4.90 Å². The van der Waals surface area contributed by atoms with E-state index in [0.717, 1.165) is 61.7 Å². The zero-order valence-corrected chi connectivity index (χ0v) is 17.2. The Morgan fingerprint density at radius 3 is 2.66 bits per heavy atom. The number of hydrogen-bond acceptors (Lipinski definition) is 5. The highest BCUT2D eigenvalue weighted by Gasteiger charge is 2.33. The van der Waals surface area contributed by atoms with Crippen LogP contribution in [0.25, 0.3) is 17.1 Å². The first kappa shape index (κ1) is 18.4. The molecule has 1 amide bonds. The molecule has 0 aliphatic carbocycles. The quantitative estimate of drug-likeness (QED) is 0.622. The van der Waals surface area contributed by atoms with Crippen LogP contribution in [0.5, 0.6) is 0 Å². The molecular formula is C21H23N5O2S. The van der Waals surface area contributed by atoms with Gasteiger partial charge in [0.05, 0.1) is 10.9 Å². The molecule has 4 aliphatic heterocycles. The molecule has 4 heterocycles. The average Bonchev–Trinajstić information content (AvgIpc) is 3.10. The Labute approximate surface area is 173 Å². The highest BCUT2D eigenvalue weighted by atomic mass is 32.2. The molecule has 0 N–H and O–H groups in total. The molecule has 0 bridgehead atoms. The van der Waals surface area contributed by atoms with Crippen molar-refractivity contribution in [1.29, 1.82) is 0 Å². The molecule has 29 heavy (non-hydrogen) atoms. The number of hydrogen-bond donors (Lipinski definition) is 0. The summed E-state index contributed by atoms with van der Waals surface area (Å²) in [6.07, 6.45) is 4.88. The lowest BCUT2D eigenvalue weighted by Crippen LogP contribution is -2.25. The van der Waals surface area contributed by atoms with E-state index in [1.165, 1.54) is 16.4 Å². The Morgan fingerprint density at radius 1 is 1.07 bits per heavy atom. The Hall–Kier alpha value is -2.61. The molecule has 0 aromatic heterocycles. The Bertz CT molecular complexity index is 1090. The van der Waals surface area contributed by atoms with Gasteiger partial charge in [0.2, 0.25) is 5.91 Å². The van der Waals surface area contributed by atoms with Gasteiger partial charge in [-0.2, -0.15) is 4.68 Å². The third-order valence-electron chi connectivity index (χ3n) is 5.79. The van der Waals surface area contributed by atoms with Crippen LogP contribution in [-0.4, -0.2) is 49.0 Å². The molecule has 0 saturated carbocycles. The fraction of sp³-hybridized carbons (Fsp3) is 0.429. The molecule has 5 rings (SSSR count). The van der Waals surface area contributed by atoms with E-state index >= 15 is 0 Å². The van der Waals surface area contributed by atoms with Gasteiger partial charge in [-0.3, -0.25) is 9.59 Å². The molecule has 1 fully saturated rings. The molecule has 1 saturated heterocycles. The monoisotopic (exact) mass is 409 g/mol. The summed E-state index contributed by atoms with van der Waals surface area (Å²) >= 11 is 1.52. The third kappa shape index (κ3) is 3.15. The number of rotatable bonds is 3. The maximum atomic E-state index is 13.2. The fourth-order valence-electron chi connectivity index (χ4n) is 4.21. The molecule has 8 heteroatoms. The Kier molecular flexibility index (Phi) is 4.66. The predicted molar refractivity (Wildman–Crippen MR) is 112 cm³/mol. The molecule has 1 aromatic carbocycles. The van der Waals surface area contributed by atoms with E-state index in [1.807, 2.05) is 37.4 Å². The number of aromatic nitrogens is 4. The van der Waals surface area contributed by atoms with Crippen LogP contribution in [0.3, 0.4) is 0 Å². The first-order valence-corrected chi connectivity index (χ1v) is 11.0. The van der Waals surface area contributed by atoms with Gasteiger partial charge in [0.25, 0.3) is 5.56 Å².